The van der Waals surface area contributed by atoms with E-state index in [1.54, 1.807) is 0 Å². The average molecular weight is 317 g/mol. The van der Waals surface area contributed by atoms with E-state index >= 15 is 0 Å². The molecule has 102 valence electrons. The molecule has 1 aromatic rings. The fourth-order valence-corrected chi connectivity index (χ4v) is 1.48. The Morgan fingerprint density at radius 1 is 0.778 bits per heavy atom. The molecular formula is C8HClF8S. The van der Waals surface area contributed by atoms with E-state index in [1.165, 1.54) is 0 Å². The van der Waals surface area contributed by atoms with Gasteiger partial charge in [-0.3, -0.25) is 0 Å². The molecule has 0 fully saturated rings. The number of halogens is 9. The molecule has 0 aliphatic carbocycles. The first-order valence-corrected chi connectivity index (χ1v) is 4.75. The molecule has 1 aromatic carbocycles. The SMILES string of the molecule is Fc1c(F)c(F)c(C(F)(F)C(F)(F)Cl)c(S)c1F. The molecule has 0 atom stereocenters. The van der Waals surface area contributed by atoms with Crippen LogP contribution in [0.1, 0.15) is 5.56 Å². The van der Waals surface area contributed by atoms with Crippen LogP contribution < -0.4 is 0 Å². The summed E-state index contributed by atoms with van der Waals surface area (Å²) in [6.45, 7) is 0. The monoisotopic (exact) mass is 316 g/mol. The van der Waals surface area contributed by atoms with Crippen molar-refractivity contribution in [3.63, 3.8) is 0 Å². The molecule has 0 saturated heterocycles. The van der Waals surface area contributed by atoms with Crippen LogP contribution in [-0.4, -0.2) is 5.38 Å². The van der Waals surface area contributed by atoms with Gasteiger partial charge in [0.15, 0.2) is 23.3 Å². The van der Waals surface area contributed by atoms with E-state index in [0.29, 0.717) is 0 Å². The van der Waals surface area contributed by atoms with Gasteiger partial charge >= 0.3 is 11.3 Å². The second kappa shape index (κ2) is 4.44. The lowest BCUT2D eigenvalue weighted by molar-refractivity contribution is -0.168. The summed E-state index contributed by atoms with van der Waals surface area (Å²) in [5.74, 6) is -15.6. The first-order chi connectivity index (χ1) is 7.93. The van der Waals surface area contributed by atoms with E-state index in [-0.39, 0.29) is 0 Å². The Labute approximate surface area is 105 Å². The second-order valence-corrected chi connectivity index (χ2v) is 3.97. The zero-order valence-electron chi connectivity index (χ0n) is 7.85. The van der Waals surface area contributed by atoms with Crippen LogP contribution in [0.2, 0.25) is 0 Å². The van der Waals surface area contributed by atoms with E-state index < -0.39 is 45.0 Å². The highest BCUT2D eigenvalue weighted by Crippen LogP contribution is 2.49. The number of hydrogen-bond acceptors (Lipinski definition) is 1. The van der Waals surface area contributed by atoms with Crippen LogP contribution >= 0.6 is 24.2 Å². The summed E-state index contributed by atoms with van der Waals surface area (Å²) in [7, 11) is 0. The van der Waals surface area contributed by atoms with Crippen LogP contribution in [0.4, 0.5) is 35.1 Å². The highest BCUT2D eigenvalue weighted by molar-refractivity contribution is 7.80. The van der Waals surface area contributed by atoms with Crippen molar-refractivity contribution in [1.29, 1.82) is 0 Å². The van der Waals surface area contributed by atoms with E-state index in [2.05, 4.69) is 24.2 Å². The summed E-state index contributed by atoms with van der Waals surface area (Å²) in [4.78, 5) is -1.79. The lowest BCUT2D eigenvalue weighted by atomic mass is 10.1. The third-order valence-corrected chi connectivity index (χ3v) is 2.57. The van der Waals surface area contributed by atoms with E-state index in [4.69, 9.17) is 0 Å². The van der Waals surface area contributed by atoms with Crippen molar-refractivity contribution in [1.82, 2.24) is 0 Å². The van der Waals surface area contributed by atoms with Crippen molar-refractivity contribution < 1.29 is 35.1 Å². The number of benzene rings is 1. The highest BCUT2D eigenvalue weighted by Gasteiger charge is 2.59. The van der Waals surface area contributed by atoms with Crippen LogP contribution in [0.15, 0.2) is 4.90 Å². The van der Waals surface area contributed by atoms with E-state index in [0.717, 1.165) is 0 Å². The molecule has 0 aliphatic rings. The molecule has 0 amide bonds. The quantitative estimate of drug-likeness (QED) is 0.269. The molecule has 0 saturated carbocycles. The topological polar surface area (TPSA) is 0 Å². The summed E-state index contributed by atoms with van der Waals surface area (Å²) < 4.78 is 102. The summed E-state index contributed by atoms with van der Waals surface area (Å²) >= 11 is 6.95. The number of alkyl halides is 5. The standard InChI is InChI=1S/C8HClF8S/c9-8(16,17)7(14,15)1-2(10)3(11)4(12)5(13)6(1)18/h18H. The maximum atomic E-state index is 13.0. The fraction of sp³-hybridized carbons (Fsp3) is 0.250. The van der Waals surface area contributed by atoms with Gasteiger partial charge in [0.05, 0.1) is 10.5 Å². The first kappa shape index (κ1) is 15.4. The maximum absolute atomic E-state index is 13.0. The molecule has 0 unspecified atom stereocenters. The highest BCUT2D eigenvalue weighted by atomic mass is 35.5. The summed E-state index contributed by atoms with van der Waals surface area (Å²) in [5.41, 5.74) is -2.46. The zero-order valence-corrected chi connectivity index (χ0v) is 9.50. The largest absolute Gasteiger partial charge is 0.388 e. The van der Waals surface area contributed by atoms with Crippen molar-refractivity contribution in [2.45, 2.75) is 16.2 Å². The van der Waals surface area contributed by atoms with Gasteiger partial charge in [-0.1, -0.05) is 0 Å². The van der Waals surface area contributed by atoms with Crippen molar-refractivity contribution in [3.8, 4) is 0 Å². The molecule has 0 radical (unpaired) electrons. The number of thiol groups is 1. The van der Waals surface area contributed by atoms with Crippen LogP contribution in [0.25, 0.3) is 0 Å². The van der Waals surface area contributed by atoms with Gasteiger partial charge in [0.25, 0.3) is 0 Å². The molecule has 0 aliphatic heterocycles. The molecule has 0 spiro atoms. The molecule has 0 aromatic heterocycles. The van der Waals surface area contributed by atoms with Crippen LogP contribution in [0, 0.1) is 23.3 Å². The Hall–Kier alpha value is -0.700. The summed E-state index contributed by atoms with van der Waals surface area (Å²) in [6.07, 6.45) is 0. The van der Waals surface area contributed by atoms with Gasteiger partial charge in [0.1, 0.15) is 0 Å². The molecule has 0 nitrogen and oxygen atoms in total. The molecule has 0 N–H and O–H groups in total. The molecule has 18 heavy (non-hydrogen) atoms. The van der Waals surface area contributed by atoms with E-state index in [1.807, 2.05) is 0 Å². The number of hydrogen-bond donors (Lipinski definition) is 1. The normalized spacial score (nSPS) is 13.0. The average Bonchev–Trinajstić information content (AvgIpc) is 2.22. The van der Waals surface area contributed by atoms with Crippen molar-refractivity contribution >= 4 is 24.2 Å². The predicted molar refractivity (Wildman–Crippen MR) is 48.2 cm³/mol. The smallest absolute Gasteiger partial charge is 0.203 e. The van der Waals surface area contributed by atoms with Gasteiger partial charge in [-0.05, 0) is 11.6 Å². The molecule has 0 bridgehead atoms. The van der Waals surface area contributed by atoms with Gasteiger partial charge in [0, 0.05) is 0 Å². The minimum Gasteiger partial charge on any atom is -0.203 e. The van der Waals surface area contributed by atoms with Gasteiger partial charge in [-0.2, -0.15) is 17.6 Å². The molecule has 10 heteroatoms. The minimum absolute atomic E-state index is 1.79. The van der Waals surface area contributed by atoms with Crippen molar-refractivity contribution in [2.75, 3.05) is 0 Å². The van der Waals surface area contributed by atoms with Gasteiger partial charge in [-0.25, -0.2) is 17.6 Å². The Morgan fingerprint density at radius 3 is 1.56 bits per heavy atom. The van der Waals surface area contributed by atoms with Crippen LogP contribution in [0.3, 0.4) is 0 Å². The maximum Gasteiger partial charge on any atom is 0.388 e. The first-order valence-electron chi connectivity index (χ1n) is 3.92. The Balaban J connectivity index is 3.72. The minimum atomic E-state index is -5.48. The third-order valence-electron chi connectivity index (χ3n) is 1.91. The summed E-state index contributed by atoms with van der Waals surface area (Å²) in [6, 6.07) is 0. The van der Waals surface area contributed by atoms with Crippen molar-refractivity contribution in [2.24, 2.45) is 0 Å². The molecular weight excluding hydrogens is 316 g/mol. The Bertz CT molecular complexity index is 466. The lowest BCUT2D eigenvalue weighted by Gasteiger charge is -2.23. The van der Waals surface area contributed by atoms with Crippen molar-refractivity contribution in [3.05, 3.63) is 28.8 Å². The van der Waals surface area contributed by atoms with Crippen LogP contribution in [0.5, 0.6) is 0 Å². The fourth-order valence-electron chi connectivity index (χ4n) is 1.05. The number of rotatable bonds is 2. The van der Waals surface area contributed by atoms with Gasteiger partial charge < -0.3 is 0 Å². The third kappa shape index (κ3) is 2.13. The molecule has 0 heterocycles. The van der Waals surface area contributed by atoms with Crippen LogP contribution in [-0.2, 0) is 5.92 Å². The van der Waals surface area contributed by atoms with Gasteiger partial charge in [0.2, 0.25) is 0 Å². The zero-order chi connectivity index (χ0) is 14.5. The van der Waals surface area contributed by atoms with Gasteiger partial charge in [-0.15, -0.1) is 12.6 Å². The molecule has 1 rings (SSSR count). The Kier molecular flexibility index (Phi) is 3.79. The van der Waals surface area contributed by atoms with E-state index in [9.17, 15) is 35.1 Å². The lowest BCUT2D eigenvalue weighted by Crippen LogP contribution is -2.35. The summed E-state index contributed by atoms with van der Waals surface area (Å²) in [5, 5.41) is -5.35. The predicted octanol–water partition coefficient (Wildman–Crippen LogP) is 4.46. The Morgan fingerprint density at radius 2 is 1.17 bits per heavy atom. The second-order valence-electron chi connectivity index (χ2n) is 3.05.